The highest BCUT2D eigenvalue weighted by Gasteiger charge is 2.36. The van der Waals surface area contributed by atoms with Gasteiger partial charge in [-0.05, 0) is 32.4 Å². The Morgan fingerprint density at radius 1 is 1.35 bits per heavy atom. The summed E-state index contributed by atoms with van der Waals surface area (Å²) in [6.07, 6.45) is 3.02. The molecule has 0 spiro atoms. The van der Waals surface area contributed by atoms with Crippen LogP contribution >= 0.6 is 0 Å². The summed E-state index contributed by atoms with van der Waals surface area (Å²) >= 11 is 0. The third kappa shape index (κ3) is 2.81. The lowest BCUT2D eigenvalue weighted by atomic mass is 10.1. The molecule has 0 saturated carbocycles. The number of rotatable bonds is 1. The molecular formula is C16H19N3O3S. The number of carbonyl (C=O) groups is 1. The average Bonchev–Trinajstić information content (AvgIpc) is 2.50. The van der Waals surface area contributed by atoms with Gasteiger partial charge >= 0.3 is 0 Å². The topological polar surface area (TPSA) is 71.8 Å². The Morgan fingerprint density at radius 3 is 2.78 bits per heavy atom. The number of amides is 1. The molecule has 2 aromatic heterocycles. The fraction of sp³-hybridized carbons (Fsp3) is 0.438. The number of hydrogen-bond donors (Lipinski definition) is 0. The molecule has 0 N–H and O–H groups in total. The zero-order chi connectivity index (χ0) is 16.8. The number of carbonyl (C=O) groups excluding carboxylic acids is 1. The van der Waals surface area contributed by atoms with Gasteiger partial charge in [-0.25, -0.2) is 4.98 Å². The Kier molecular flexibility index (Phi) is 3.83. The van der Waals surface area contributed by atoms with Crippen molar-refractivity contribution in [2.45, 2.75) is 25.5 Å². The van der Waals surface area contributed by atoms with Crippen molar-refractivity contribution in [3.05, 3.63) is 46.0 Å². The highest BCUT2D eigenvalue weighted by molar-refractivity contribution is 7.86. The van der Waals surface area contributed by atoms with Crippen LogP contribution in [0.15, 0.2) is 29.3 Å². The van der Waals surface area contributed by atoms with Crippen molar-refractivity contribution >= 4 is 22.4 Å². The van der Waals surface area contributed by atoms with Crippen molar-refractivity contribution in [3.63, 3.8) is 0 Å². The van der Waals surface area contributed by atoms with E-state index in [4.69, 9.17) is 0 Å². The fourth-order valence-corrected chi connectivity index (χ4v) is 3.99. The third-order valence-electron chi connectivity index (χ3n) is 4.10. The minimum Gasteiger partial charge on any atom is -0.336 e. The van der Waals surface area contributed by atoms with E-state index in [9.17, 15) is 13.8 Å². The van der Waals surface area contributed by atoms with Gasteiger partial charge in [0, 0.05) is 42.0 Å². The molecule has 1 aliphatic rings. The van der Waals surface area contributed by atoms with Crippen LogP contribution in [0.1, 0.15) is 29.8 Å². The molecule has 1 atom stereocenters. The van der Waals surface area contributed by atoms with Gasteiger partial charge < -0.3 is 4.90 Å². The molecule has 3 heterocycles. The Hall–Kier alpha value is -2.02. The van der Waals surface area contributed by atoms with Crippen LogP contribution in [0.5, 0.6) is 0 Å². The van der Waals surface area contributed by atoms with E-state index < -0.39 is 15.5 Å². The quantitative estimate of drug-likeness (QED) is 0.780. The third-order valence-corrected chi connectivity index (χ3v) is 6.02. The molecule has 2 aromatic rings. The Morgan fingerprint density at radius 2 is 2.09 bits per heavy atom. The Bertz CT molecular complexity index is 872. The van der Waals surface area contributed by atoms with Crippen LogP contribution < -0.4 is 5.56 Å². The van der Waals surface area contributed by atoms with E-state index in [2.05, 4.69) is 4.98 Å². The van der Waals surface area contributed by atoms with Crippen LogP contribution in [0.3, 0.4) is 0 Å². The number of pyridine rings is 1. The van der Waals surface area contributed by atoms with Gasteiger partial charge in [-0.3, -0.25) is 18.2 Å². The van der Waals surface area contributed by atoms with Gasteiger partial charge in [0.2, 0.25) is 0 Å². The normalized spacial score (nSPS) is 20.7. The van der Waals surface area contributed by atoms with E-state index >= 15 is 0 Å². The summed E-state index contributed by atoms with van der Waals surface area (Å²) in [7, 11) is -0.968. The summed E-state index contributed by atoms with van der Waals surface area (Å²) < 4.78 is 12.9. The molecule has 0 bridgehead atoms. The summed E-state index contributed by atoms with van der Waals surface area (Å²) in [6, 6.07) is 3.61. The monoisotopic (exact) mass is 333 g/mol. The van der Waals surface area contributed by atoms with Crippen LogP contribution in [0, 0.1) is 6.92 Å². The summed E-state index contributed by atoms with van der Waals surface area (Å²) in [6.45, 7) is 6.39. The first-order chi connectivity index (χ1) is 10.8. The zero-order valence-electron chi connectivity index (χ0n) is 13.4. The molecule has 1 amide bonds. The molecule has 0 radical (unpaired) electrons. The van der Waals surface area contributed by atoms with E-state index in [0.717, 1.165) is 5.56 Å². The largest absolute Gasteiger partial charge is 0.336 e. The number of nitrogens with zero attached hydrogens (tertiary/aromatic N) is 3. The minimum absolute atomic E-state index is 0.0524. The van der Waals surface area contributed by atoms with Gasteiger partial charge in [0.05, 0.1) is 4.75 Å². The molecule has 0 aliphatic carbocycles. The maximum absolute atomic E-state index is 12.7. The van der Waals surface area contributed by atoms with Crippen molar-refractivity contribution < 1.29 is 9.00 Å². The van der Waals surface area contributed by atoms with E-state index in [-0.39, 0.29) is 17.0 Å². The standard InChI is InChI=1S/C16H19N3O3S/c1-11-4-5-13-17-8-12(15(21)19(13)9-11)14(20)18-6-7-23(22)16(2,3)10-18/h4-5,8-9H,6-7,10H2,1-3H3. The van der Waals surface area contributed by atoms with Crippen molar-refractivity contribution in [1.82, 2.24) is 14.3 Å². The van der Waals surface area contributed by atoms with Gasteiger partial charge in [-0.2, -0.15) is 0 Å². The predicted molar refractivity (Wildman–Crippen MR) is 89.2 cm³/mol. The molecule has 1 fully saturated rings. The van der Waals surface area contributed by atoms with Crippen LogP contribution in [0.25, 0.3) is 5.65 Å². The lowest BCUT2D eigenvalue weighted by Gasteiger charge is -2.37. The van der Waals surface area contributed by atoms with Gasteiger partial charge in [-0.15, -0.1) is 0 Å². The first-order valence-electron chi connectivity index (χ1n) is 7.45. The lowest BCUT2D eigenvalue weighted by molar-refractivity contribution is 0.0743. The van der Waals surface area contributed by atoms with E-state index in [1.54, 1.807) is 17.2 Å². The summed E-state index contributed by atoms with van der Waals surface area (Å²) in [5.74, 6) is 0.0865. The highest BCUT2D eigenvalue weighted by Crippen LogP contribution is 2.21. The van der Waals surface area contributed by atoms with Crippen LogP contribution in [-0.4, -0.2) is 48.0 Å². The smallest absolute Gasteiger partial charge is 0.270 e. The molecular weight excluding hydrogens is 314 g/mol. The second-order valence-corrected chi connectivity index (χ2v) is 8.65. The predicted octanol–water partition coefficient (Wildman–Crippen LogP) is 0.986. The lowest BCUT2D eigenvalue weighted by Crippen LogP contribution is -2.52. The molecule has 3 rings (SSSR count). The molecule has 1 aliphatic heterocycles. The zero-order valence-corrected chi connectivity index (χ0v) is 14.2. The molecule has 7 heteroatoms. The number of aromatic nitrogens is 2. The van der Waals surface area contributed by atoms with Gasteiger partial charge in [-0.1, -0.05) is 6.07 Å². The second-order valence-electron chi connectivity index (χ2n) is 6.45. The SMILES string of the molecule is Cc1ccc2ncc(C(=O)N3CCS(=O)C(C)(C)C3)c(=O)n2c1. The average molecular weight is 333 g/mol. The van der Waals surface area contributed by atoms with Crippen LogP contribution in [-0.2, 0) is 10.8 Å². The van der Waals surface area contributed by atoms with Crippen LogP contribution in [0.4, 0.5) is 0 Å². The second kappa shape index (κ2) is 5.56. The van der Waals surface area contributed by atoms with E-state index in [1.165, 1.54) is 10.6 Å². The first kappa shape index (κ1) is 15.9. The maximum Gasteiger partial charge on any atom is 0.270 e. The van der Waals surface area contributed by atoms with Crippen LogP contribution in [0.2, 0.25) is 0 Å². The number of hydrogen-bond acceptors (Lipinski definition) is 4. The van der Waals surface area contributed by atoms with Gasteiger partial charge in [0.1, 0.15) is 11.2 Å². The Labute approximate surface area is 136 Å². The fourth-order valence-electron chi connectivity index (χ4n) is 2.75. The number of aryl methyl sites for hydroxylation is 1. The van der Waals surface area contributed by atoms with E-state index in [1.807, 2.05) is 26.8 Å². The van der Waals surface area contributed by atoms with Crippen molar-refractivity contribution in [3.8, 4) is 0 Å². The maximum atomic E-state index is 12.7. The first-order valence-corrected chi connectivity index (χ1v) is 8.77. The molecule has 1 unspecified atom stereocenters. The minimum atomic E-state index is -0.968. The van der Waals surface area contributed by atoms with Crippen molar-refractivity contribution in [1.29, 1.82) is 0 Å². The Balaban J connectivity index is 2.00. The summed E-state index contributed by atoms with van der Waals surface area (Å²) in [5, 5.41) is 0. The molecule has 23 heavy (non-hydrogen) atoms. The summed E-state index contributed by atoms with van der Waals surface area (Å²) in [5.41, 5.74) is 1.11. The molecule has 0 aromatic carbocycles. The molecule has 1 saturated heterocycles. The number of fused-ring (bicyclic) bond motifs is 1. The van der Waals surface area contributed by atoms with Gasteiger partial charge in [0.15, 0.2) is 0 Å². The summed E-state index contributed by atoms with van der Waals surface area (Å²) in [4.78, 5) is 31.1. The van der Waals surface area contributed by atoms with Crippen molar-refractivity contribution in [2.75, 3.05) is 18.8 Å². The highest BCUT2D eigenvalue weighted by atomic mass is 32.2. The van der Waals surface area contributed by atoms with Crippen molar-refractivity contribution in [2.24, 2.45) is 0 Å². The molecule has 6 nitrogen and oxygen atoms in total. The van der Waals surface area contributed by atoms with Gasteiger partial charge in [0.25, 0.3) is 11.5 Å². The molecule has 122 valence electrons. The van der Waals surface area contributed by atoms with E-state index in [0.29, 0.717) is 24.5 Å².